The number of nitrogens with two attached hydrogens (primary N) is 1. The summed E-state index contributed by atoms with van der Waals surface area (Å²) in [7, 11) is 0. The molecule has 2 nitrogen and oxygen atoms in total. The highest BCUT2D eigenvalue weighted by Crippen LogP contribution is 2.36. The maximum atomic E-state index is 13.6. The van der Waals surface area contributed by atoms with E-state index >= 15 is 0 Å². The fourth-order valence-electron chi connectivity index (χ4n) is 2.87. The number of hydrogen-bond acceptors (Lipinski definition) is 2. The second-order valence-corrected chi connectivity index (χ2v) is 5.62. The van der Waals surface area contributed by atoms with Gasteiger partial charge in [-0.2, -0.15) is 0 Å². The molecule has 1 aromatic carbocycles. The molecular formula is C16H24FNO. The quantitative estimate of drug-likeness (QED) is 0.882. The molecule has 2 N–H and O–H groups in total. The Morgan fingerprint density at radius 3 is 2.58 bits per heavy atom. The lowest BCUT2D eigenvalue weighted by Crippen LogP contribution is -2.43. The van der Waals surface area contributed by atoms with Crippen LogP contribution in [0.3, 0.4) is 0 Å². The molecule has 0 amide bonds. The normalized spacial score (nSPS) is 27.4. The predicted molar refractivity (Wildman–Crippen MR) is 75.2 cm³/mol. The van der Waals surface area contributed by atoms with Gasteiger partial charge in [0.2, 0.25) is 0 Å². The fourth-order valence-corrected chi connectivity index (χ4v) is 2.87. The van der Waals surface area contributed by atoms with Crippen LogP contribution < -0.4 is 5.73 Å². The molecule has 0 radical (unpaired) electrons. The van der Waals surface area contributed by atoms with Crippen molar-refractivity contribution in [3.63, 3.8) is 0 Å². The van der Waals surface area contributed by atoms with E-state index in [1.54, 1.807) is 12.1 Å². The molecule has 1 fully saturated rings. The van der Waals surface area contributed by atoms with Gasteiger partial charge in [-0.15, -0.1) is 0 Å². The standard InChI is InChI=1S/C16H24FNO/c1-2-13-7-9-16(12-18,10-8-13)19-11-14-5-3-4-6-15(14)17/h3-6,13H,2,7-12,18H2,1H3. The van der Waals surface area contributed by atoms with Gasteiger partial charge in [-0.3, -0.25) is 0 Å². The van der Waals surface area contributed by atoms with Crippen molar-refractivity contribution in [1.29, 1.82) is 0 Å². The Morgan fingerprint density at radius 1 is 1.32 bits per heavy atom. The smallest absolute Gasteiger partial charge is 0.128 e. The van der Waals surface area contributed by atoms with Crippen LogP contribution in [0.15, 0.2) is 24.3 Å². The first kappa shape index (κ1) is 14.5. The van der Waals surface area contributed by atoms with Crippen LogP contribution in [0.1, 0.15) is 44.6 Å². The maximum absolute atomic E-state index is 13.6. The first-order valence-electron chi connectivity index (χ1n) is 7.26. The zero-order valence-electron chi connectivity index (χ0n) is 11.7. The number of ether oxygens (including phenoxy) is 1. The van der Waals surface area contributed by atoms with E-state index in [2.05, 4.69) is 6.92 Å². The lowest BCUT2D eigenvalue weighted by molar-refractivity contribution is -0.0820. The molecule has 2 rings (SSSR count). The third kappa shape index (κ3) is 3.54. The summed E-state index contributed by atoms with van der Waals surface area (Å²) in [5.41, 5.74) is 6.28. The van der Waals surface area contributed by atoms with Gasteiger partial charge in [0.25, 0.3) is 0 Å². The molecule has 0 aliphatic heterocycles. The molecule has 106 valence electrons. The molecule has 0 unspecified atom stereocenters. The molecule has 1 aliphatic carbocycles. The van der Waals surface area contributed by atoms with Gasteiger partial charge in [-0.05, 0) is 37.7 Å². The summed E-state index contributed by atoms with van der Waals surface area (Å²) in [5, 5.41) is 0. The molecule has 19 heavy (non-hydrogen) atoms. The highest BCUT2D eigenvalue weighted by molar-refractivity contribution is 5.16. The van der Waals surface area contributed by atoms with Crippen LogP contribution in [-0.2, 0) is 11.3 Å². The lowest BCUT2D eigenvalue weighted by Gasteiger charge is -2.39. The van der Waals surface area contributed by atoms with E-state index in [9.17, 15) is 4.39 Å². The first-order chi connectivity index (χ1) is 9.19. The van der Waals surface area contributed by atoms with Crippen LogP contribution in [0, 0.1) is 11.7 Å². The van der Waals surface area contributed by atoms with Crippen molar-refractivity contribution in [3.8, 4) is 0 Å². The average molecular weight is 265 g/mol. The summed E-state index contributed by atoms with van der Waals surface area (Å²) in [6, 6.07) is 6.79. The minimum absolute atomic E-state index is 0.197. The van der Waals surface area contributed by atoms with Crippen LogP contribution in [0.2, 0.25) is 0 Å². The van der Waals surface area contributed by atoms with E-state index in [0.29, 0.717) is 18.7 Å². The number of rotatable bonds is 5. The Balaban J connectivity index is 1.95. The zero-order chi connectivity index (χ0) is 13.7. The van der Waals surface area contributed by atoms with Crippen molar-refractivity contribution in [2.45, 2.75) is 51.2 Å². The molecule has 0 heterocycles. The monoisotopic (exact) mass is 265 g/mol. The summed E-state index contributed by atoms with van der Waals surface area (Å²) in [5.74, 6) is 0.605. The minimum atomic E-state index is -0.242. The van der Waals surface area contributed by atoms with E-state index in [1.165, 1.54) is 25.3 Å². The Labute approximate surface area is 115 Å². The molecule has 1 aromatic rings. The molecular weight excluding hydrogens is 241 g/mol. The van der Waals surface area contributed by atoms with Gasteiger partial charge in [-0.1, -0.05) is 31.5 Å². The van der Waals surface area contributed by atoms with Gasteiger partial charge in [0.15, 0.2) is 0 Å². The number of halogens is 1. The highest BCUT2D eigenvalue weighted by atomic mass is 19.1. The van der Waals surface area contributed by atoms with Crippen molar-refractivity contribution in [3.05, 3.63) is 35.6 Å². The Kier molecular flexibility index (Phi) is 4.94. The van der Waals surface area contributed by atoms with Gasteiger partial charge >= 0.3 is 0 Å². The summed E-state index contributed by atoms with van der Waals surface area (Å²) < 4.78 is 19.6. The Bertz CT molecular complexity index is 399. The van der Waals surface area contributed by atoms with Crippen molar-refractivity contribution in [1.82, 2.24) is 0 Å². The minimum Gasteiger partial charge on any atom is -0.369 e. The van der Waals surface area contributed by atoms with Crippen LogP contribution >= 0.6 is 0 Å². The van der Waals surface area contributed by atoms with Crippen molar-refractivity contribution in [2.24, 2.45) is 11.7 Å². The summed E-state index contributed by atoms with van der Waals surface area (Å²) in [4.78, 5) is 0. The van der Waals surface area contributed by atoms with Crippen LogP contribution in [0.25, 0.3) is 0 Å². The lowest BCUT2D eigenvalue weighted by atomic mass is 9.77. The number of benzene rings is 1. The molecule has 3 heteroatoms. The van der Waals surface area contributed by atoms with Crippen LogP contribution in [-0.4, -0.2) is 12.1 Å². The van der Waals surface area contributed by atoms with Crippen molar-refractivity contribution >= 4 is 0 Å². The fraction of sp³-hybridized carbons (Fsp3) is 0.625. The third-order valence-corrected chi connectivity index (χ3v) is 4.46. The zero-order valence-corrected chi connectivity index (χ0v) is 11.7. The Morgan fingerprint density at radius 2 is 2.00 bits per heavy atom. The van der Waals surface area contributed by atoms with Crippen molar-refractivity contribution < 1.29 is 9.13 Å². The molecule has 1 saturated carbocycles. The number of hydrogen-bond donors (Lipinski definition) is 1. The van der Waals surface area contributed by atoms with Gasteiger partial charge in [-0.25, -0.2) is 4.39 Å². The molecule has 1 aliphatic rings. The van der Waals surface area contributed by atoms with Gasteiger partial charge in [0.1, 0.15) is 5.82 Å². The van der Waals surface area contributed by atoms with E-state index in [1.807, 2.05) is 6.07 Å². The van der Waals surface area contributed by atoms with E-state index < -0.39 is 0 Å². The van der Waals surface area contributed by atoms with E-state index in [-0.39, 0.29) is 11.4 Å². The molecule has 0 atom stereocenters. The predicted octanol–water partition coefficient (Wildman–Crippen LogP) is 3.64. The second kappa shape index (κ2) is 6.49. The maximum Gasteiger partial charge on any atom is 0.128 e. The summed E-state index contributed by atoms with van der Waals surface area (Å²) >= 11 is 0. The van der Waals surface area contributed by atoms with E-state index in [0.717, 1.165) is 18.8 Å². The largest absolute Gasteiger partial charge is 0.369 e. The average Bonchev–Trinajstić information content (AvgIpc) is 2.47. The summed E-state index contributed by atoms with van der Waals surface area (Å²) in [6.45, 7) is 3.08. The van der Waals surface area contributed by atoms with E-state index in [4.69, 9.17) is 10.5 Å². The van der Waals surface area contributed by atoms with Crippen LogP contribution in [0.4, 0.5) is 4.39 Å². The molecule has 0 spiro atoms. The Hall–Kier alpha value is -0.930. The van der Waals surface area contributed by atoms with Crippen molar-refractivity contribution in [2.75, 3.05) is 6.54 Å². The van der Waals surface area contributed by atoms with Gasteiger partial charge in [0.05, 0.1) is 12.2 Å². The second-order valence-electron chi connectivity index (χ2n) is 5.62. The van der Waals surface area contributed by atoms with Crippen LogP contribution in [0.5, 0.6) is 0 Å². The molecule has 0 saturated heterocycles. The third-order valence-electron chi connectivity index (χ3n) is 4.46. The topological polar surface area (TPSA) is 35.2 Å². The van der Waals surface area contributed by atoms with Gasteiger partial charge < -0.3 is 10.5 Å². The van der Waals surface area contributed by atoms with Gasteiger partial charge in [0, 0.05) is 12.1 Å². The summed E-state index contributed by atoms with van der Waals surface area (Å²) in [6.07, 6.45) is 5.57. The first-order valence-corrected chi connectivity index (χ1v) is 7.26. The SMILES string of the molecule is CCC1CCC(CN)(OCc2ccccc2F)CC1. The molecule has 0 aromatic heterocycles. The highest BCUT2D eigenvalue weighted by Gasteiger charge is 2.34. The molecule has 0 bridgehead atoms.